The van der Waals surface area contributed by atoms with E-state index in [1.54, 1.807) is 0 Å². The van der Waals surface area contributed by atoms with Crippen molar-refractivity contribution >= 4 is 16.6 Å². The summed E-state index contributed by atoms with van der Waals surface area (Å²) >= 11 is 0. The zero-order valence-electron chi connectivity index (χ0n) is 14.3. The third-order valence-corrected chi connectivity index (χ3v) is 5.22. The summed E-state index contributed by atoms with van der Waals surface area (Å²) in [5.74, 6) is 1.36. The first-order valence-corrected chi connectivity index (χ1v) is 9.08. The molecule has 25 heavy (non-hydrogen) atoms. The molecule has 3 nitrogen and oxygen atoms in total. The van der Waals surface area contributed by atoms with Gasteiger partial charge in [-0.2, -0.15) is 0 Å². The molecule has 0 amide bonds. The summed E-state index contributed by atoms with van der Waals surface area (Å²) in [5, 5.41) is 4.85. The van der Waals surface area contributed by atoms with E-state index in [1.807, 2.05) is 18.2 Å². The number of hydrogen-bond acceptors (Lipinski definition) is 1. The van der Waals surface area contributed by atoms with E-state index in [0.29, 0.717) is 5.92 Å². The molecule has 0 spiro atoms. The molecule has 0 radical (unpaired) electrons. The Labute approximate surface area is 148 Å². The predicted molar refractivity (Wildman–Crippen MR) is 103 cm³/mol. The lowest BCUT2D eigenvalue weighted by Gasteiger charge is -2.05. The molecule has 0 saturated heterocycles. The van der Waals surface area contributed by atoms with Crippen molar-refractivity contribution in [1.82, 2.24) is 10.3 Å². The Morgan fingerprint density at radius 1 is 1.16 bits per heavy atom. The maximum Gasteiger partial charge on any atom is 0.187 e. The average molecular weight is 329 g/mol. The second kappa shape index (κ2) is 7.13. The standard InChI is InChI=1S/C22H23N3/c1-23-18-9-10-22-20(13-18)21(15-25-22)19-12-17(19)14-24-11-5-8-16-6-3-2-4-7-16/h2-4,6-7,9-10,13,15,17,19,24-25H,5,8,11-12,14H2. The number of aromatic amines is 1. The molecule has 1 saturated carbocycles. The molecule has 1 aromatic heterocycles. The fourth-order valence-corrected chi connectivity index (χ4v) is 3.71. The predicted octanol–water partition coefficient (Wildman–Crippen LogP) is 5.04. The Bertz CT molecular complexity index is 889. The van der Waals surface area contributed by atoms with Crippen molar-refractivity contribution in [2.24, 2.45) is 5.92 Å². The first kappa shape index (κ1) is 15.9. The van der Waals surface area contributed by atoms with Crippen molar-refractivity contribution in [2.75, 3.05) is 13.1 Å². The molecular formula is C22H23N3. The van der Waals surface area contributed by atoms with Gasteiger partial charge in [0.05, 0.1) is 6.57 Å². The highest BCUT2D eigenvalue weighted by Gasteiger charge is 2.39. The summed E-state index contributed by atoms with van der Waals surface area (Å²) < 4.78 is 0. The van der Waals surface area contributed by atoms with E-state index in [1.165, 1.54) is 29.4 Å². The van der Waals surface area contributed by atoms with Gasteiger partial charge in [-0.15, -0.1) is 0 Å². The molecule has 1 fully saturated rings. The summed E-state index contributed by atoms with van der Waals surface area (Å²) in [6.07, 6.45) is 5.71. The van der Waals surface area contributed by atoms with E-state index in [0.717, 1.165) is 36.6 Å². The van der Waals surface area contributed by atoms with E-state index in [9.17, 15) is 0 Å². The normalized spacial score (nSPS) is 19.0. The second-order valence-electron chi connectivity index (χ2n) is 6.98. The van der Waals surface area contributed by atoms with Crippen LogP contribution >= 0.6 is 0 Å². The van der Waals surface area contributed by atoms with Gasteiger partial charge in [-0.25, -0.2) is 4.85 Å². The smallest absolute Gasteiger partial charge is 0.187 e. The lowest BCUT2D eigenvalue weighted by atomic mass is 10.1. The van der Waals surface area contributed by atoms with E-state index in [-0.39, 0.29) is 0 Å². The van der Waals surface area contributed by atoms with Crippen molar-refractivity contribution in [3.05, 3.63) is 77.3 Å². The van der Waals surface area contributed by atoms with Gasteiger partial charge >= 0.3 is 0 Å². The minimum absolute atomic E-state index is 0.636. The largest absolute Gasteiger partial charge is 0.361 e. The van der Waals surface area contributed by atoms with Crippen molar-refractivity contribution in [3.8, 4) is 0 Å². The fourth-order valence-electron chi connectivity index (χ4n) is 3.71. The number of nitrogens with zero attached hydrogens (tertiary/aromatic N) is 1. The Balaban J connectivity index is 1.26. The van der Waals surface area contributed by atoms with Crippen LogP contribution in [0.3, 0.4) is 0 Å². The molecule has 2 aromatic carbocycles. The van der Waals surface area contributed by atoms with Crippen LogP contribution in [0.15, 0.2) is 54.7 Å². The van der Waals surface area contributed by atoms with Crippen LogP contribution in [0.1, 0.15) is 29.9 Å². The van der Waals surface area contributed by atoms with Crippen LogP contribution in [0, 0.1) is 12.5 Å². The van der Waals surface area contributed by atoms with Gasteiger partial charge < -0.3 is 10.3 Å². The molecule has 4 rings (SSSR count). The second-order valence-corrected chi connectivity index (χ2v) is 6.98. The lowest BCUT2D eigenvalue weighted by Crippen LogP contribution is -2.19. The number of benzene rings is 2. The molecule has 0 bridgehead atoms. The summed E-state index contributed by atoms with van der Waals surface area (Å²) in [7, 11) is 0. The van der Waals surface area contributed by atoms with Gasteiger partial charge in [-0.3, -0.25) is 0 Å². The maximum atomic E-state index is 7.20. The minimum atomic E-state index is 0.636. The number of H-pyrrole nitrogens is 1. The first-order chi connectivity index (χ1) is 12.3. The summed E-state index contributed by atoms with van der Waals surface area (Å²) in [4.78, 5) is 6.91. The highest BCUT2D eigenvalue weighted by Crippen LogP contribution is 2.49. The quantitative estimate of drug-likeness (QED) is 0.462. The van der Waals surface area contributed by atoms with Crippen LogP contribution in [0.25, 0.3) is 15.7 Å². The number of rotatable bonds is 7. The number of aryl methyl sites for hydroxylation is 1. The van der Waals surface area contributed by atoms with Crippen molar-refractivity contribution in [2.45, 2.75) is 25.2 Å². The van der Waals surface area contributed by atoms with Crippen molar-refractivity contribution in [3.63, 3.8) is 0 Å². The number of nitrogens with one attached hydrogen (secondary N) is 2. The van der Waals surface area contributed by atoms with Crippen molar-refractivity contribution in [1.29, 1.82) is 0 Å². The molecule has 3 aromatic rings. The van der Waals surface area contributed by atoms with Crippen LogP contribution in [0.2, 0.25) is 0 Å². The number of fused-ring (bicyclic) bond motifs is 1. The molecule has 3 heteroatoms. The first-order valence-electron chi connectivity index (χ1n) is 9.08. The van der Waals surface area contributed by atoms with Gasteiger partial charge in [0.2, 0.25) is 0 Å². The topological polar surface area (TPSA) is 32.2 Å². The molecule has 2 unspecified atom stereocenters. The zero-order chi connectivity index (χ0) is 17.1. The zero-order valence-corrected chi connectivity index (χ0v) is 14.3. The molecule has 2 atom stereocenters. The molecule has 2 N–H and O–H groups in total. The van der Waals surface area contributed by atoms with Crippen molar-refractivity contribution < 1.29 is 0 Å². The third kappa shape index (κ3) is 3.60. The molecule has 1 aliphatic rings. The van der Waals surface area contributed by atoms with Gasteiger partial charge in [-0.05, 0) is 72.8 Å². The summed E-state index contributed by atoms with van der Waals surface area (Å²) in [6, 6.07) is 16.6. The molecule has 126 valence electrons. The third-order valence-electron chi connectivity index (χ3n) is 5.22. The molecule has 1 aliphatic carbocycles. The Hall–Kier alpha value is -2.57. The van der Waals surface area contributed by atoms with Crippen LogP contribution in [-0.2, 0) is 6.42 Å². The van der Waals surface area contributed by atoms with E-state index in [2.05, 4.69) is 51.7 Å². The van der Waals surface area contributed by atoms with Crippen LogP contribution in [-0.4, -0.2) is 18.1 Å². The van der Waals surface area contributed by atoms with Crippen LogP contribution in [0.4, 0.5) is 5.69 Å². The minimum Gasteiger partial charge on any atom is -0.361 e. The van der Waals surface area contributed by atoms with E-state index >= 15 is 0 Å². The van der Waals surface area contributed by atoms with Crippen LogP contribution in [0.5, 0.6) is 0 Å². The Morgan fingerprint density at radius 3 is 2.88 bits per heavy atom. The van der Waals surface area contributed by atoms with Crippen LogP contribution < -0.4 is 5.32 Å². The Kier molecular flexibility index (Phi) is 4.54. The SMILES string of the molecule is [C-]#[N+]c1ccc2[nH]cc(C3CC3CNCCCc3ccccc3)c2c1. The summed E-state index contributed by atoms with van der Waals surface area (Å²) in [5.41, 5.74) is 4.67. The average Bonchev–Trinajstić information content (AvgIpc) is 3.30. The van der Waals surface area contributed by atoms with Gasteiger partial charge in [0.1, 0.15) is 0 Å². The van der Waals surface area contributed by atoms with Gasteiger partial charge in [0.15, 0.2) is 5.69 Å². The fraction of sp³-hybridized carbons (Fsp3) is 0.318. The van der Waals surface area contributed by atoms with E-state index in [4.69, 9.17) is 6.57 Å². The Morgan fingerprint density at radius 2 is 2.04 bits per heavy atom. The number of aromatic nitrogens is 1. The maximum absolute atomic E-state index is 7.20. The summed E-state index contributed by atoms with van der Waals surface area (Å²) in [6.45, 7) is 9.37. The van der Waals surface area contributed by atoms with Gasteiger partial charge in [0.25, 0.3) is 0 Å². The number of hydrogen-bond donors (Lipinski definition) is 2. The van der Waals surface area contributed by atoms with Gasteiger partial charge in [-0.1, -0.05) is 36.4 Å². The highest BCUT2D eigenvalue weighted by atomic mass is 14.9. The van der Waals surface area contributed by atoms with Gasteiger partial charge in [0, 0.05) is 11.7 Å². The molecule has 1 heterocycles. The monoisotopic (exact) mass is 329 g/mol. The molecule has 0 aliphatic heterocycles. The van der Waals surface area contributed by atoms with E-state index < -0.39 is 0 Å². The molecular weight excluding hydrogens is 306 g/mol. The lowest BCUT2D eigenvalue weighted by molar-refractivity contribution is 0.605. The highest BCUT2D eigenvalue weighted by molar-refractivity contribution is 5.87.